The van der Waals surface area contributed by atoms with Crippen molar-refractivity contribution in [2.24, 2.45) is 0 Å². The van der Waals surface area contributed by atoms with Crippen LogP contribution in [0.25, 0.3) is 0 Å². The molecule has 2 aromatic carbocycles. The van der Waals surface area contributed by atoms with Gasteiger partial charge >= 0.3 is 0 Å². The summed E-state index contributed by atoms with van der Waals surface area (Å²) in [4.78, 5) is 28.0. The van der Waals surface area contributed by atoms with Crippen LogP contribution >= 0.6 is 0 Å². The first-order valence-corrected chi connectivity index (χ1v) is 13.2. The monoisotopic (exact) mass is 489 g/mol. The number of ether oxygens (including phenoxy) is 1. The lowest BCUT2D eigenvalue weighted by Crippen LogP contribution is -2.54. The van der Waals surface area contributed by atoms with E-state index in [1.165, 1.54) is 12.0 Å². The molecule has 2 aromatic rings. The van der Waals surface area contributed by atoms with Crippen LogP contribution in [-0.2, 0) is 26.0 Å². The molecule has 0 aliphatic rings. The lowest BCUT2D eigenvalue weighted by molar-refractivity contribution is -0.139. The summed E-state index contributed by atoms with van der Waals surface area (Å²) < 4.78 is 31.5. The molecule has 0 spiro atoms. The van der Waals surface area contributed by atoms with E-state index in [2.05, 4.69) is 5.32 Å². The predicted octanol–water partition coefficient (Wildman–Crippen LogP) is 2.84. The van der Waals surface area contributed by atoms with Gasteiger partial charge in [-0.3, -0.25) is 13.9 Å². The van der Waals surface area contributed by atoms with Gasteiger partial charge in [-0.15, -0.1) is 0 Å². The van der Waals surface area contributed by atoms with Gasteiger partial charge in [0.25, 0.3) is 0 Å². The molecule has 34 heavy (non-hydrogen) atoms. The van der Waals surface area contributed by atoms with Crippen molar-refractivity contribution >= 4 is 27.5 Å². The fourth-order valence-electron chi connectivity index (χ4n) is 3.66. The fourth-order valence-corrected chi connectivity index (χ4v) is 4.50. The standard InChI is InChI=1S/C25H35N3O5S/c1-6-23(25(30)26-19(2)3)27(16-15-20-11-8-7-9-12-20)24(29)18-28(34(5,31)32)21-13-10-14-22(17-21)33-4/h7-14,17,19,23H,6,15-16,18H2,1-5H3,(H,26,30)/t23-/m0/s1. The minimum atomic E-state index is -3.78. The van der Waals surface area contributed by atoms with E-state index in [0.29, 0.717) is 24.3 Å². The molecule has 2 amide bonds. The molecule has 0 bridgehead atoms. The van der Waals surface area contributed by atoms with E-state index < -0.39 is 28.5 Å². The van der Waals surface area contributed by atoms with Gasteiger partial charge in [0.1, 0.15) is 18.3 Å². The van der Waals surface area contributed by atoms with Crippen molar-refractivity contribution < 1.29 is 22.7 Å². The number of hydrogen-bond donors (Lipinski definition) is 1. The molecule has 8 nitrogen and oxygen atoms in total. The Kier molecular flexibility index (Phi) is 9.92. The molecule has 9 heteroatoms. The van der Waals surface area contributed by atoms with Gasteiger partial charge < -0.3 is 15.0 Å². The number of amides is 2. The number of sulfonamides is 1. The third kappa shape index (κ3) is 7.76. The van der Waals surface area contributed by atoms with Crippen LogP contribution in [0.5, 0.6) is 5.75 Å². The number of methoxy groups -OCH3 is 1. The van der Waals surface area contributed by atoms with Crippen LogP contribution in [0.1, 0.15) is 32.8 Å². The highest BCUT2D eigenvalue weighted by Gasteiger charge is 2.31. The number of carbonyl (C=O) groups is 2. The number of hydrogen-bond acceptors (Lipinski definition) is 5. The van der Waals surface area contributed by atoms with Crippen molar-refractivity contribution in [1.29, 1.82) is 0 Å². The van der Waals surface area contributed by atoms with Crippen molar-refractivity contribution in [3.63, 3.8) is 0 Å². The zero-order valence-corrected chi connectivity index (χ0v) is 21.3. The lowest BCUT2D eigenvalue weighted by Gasteiger charge is -2.33. The molecule has 0 heterocycles. The molecular weight excluding hydrogens is 454 g/mol. The fraction of sp³-hybridized carbons (Fsp3) is 0.440. The minimum absolute atomic E-state index is 0.0862. The van der Waals surface area contributed by atoms with Crippen LogP contribution in [0, 0.1) is 0 Å². The summed E-state index contributed by atoms with van der Waals surface area (Å²) in [6, 6.07) is 15.4. The summed E-state index contributed by atoms with van der Waals surface area (Å²) in [6.45, 7) is 5.41. The van der Waals surface area contributed by atoms with Gasteiger partial charge in [-0.05, 0) is 44.4 Å². The second-order valence-electron chi connectivity index (χ2n) is 8.38. The molecule has 0 fully saturated rings. The summed E-state index contributed by atoms with van der Waals surface area (Å²) in [5, 5.41) is 2.88. The van der Waals surface area contributed by atoms with Crippen molar-refractivity contribution in [2.45, 2.75) is 45.7 Å². The number of benzene rings is 2. The molecule has 0 aliphatic heterocycles. The minimum Gasteiger partial charge on any atom is -0.497 e. The number of anilines is 1. The molecule has 1 N–H and O–H groups in total. The summed E-state index contributed by atoms with van der Waals surface area (Å²) in [7, 11) is -2.29. The van der Waals surface area contributed by atoms with Crippen molar-refractivity contribution in [2.75, 3.05) is 30.8 Å². The van der Waals surface area contributed by atoms with Crippen LogP contribution in [0.3, 0.4) is 0 Å². The third-order valence-corrected chi connectivity index (χ3v) is 6.46. The molecule has 0 saturated heterocycles. The van der Waals surface area contributed by atoms with E-state index >= 15 is 0 Å². The van der Waals surface area contributed by atoms with Gasteiger partial charge in [-0.1, -0.05) is 43.3 Å². The van der Waals surface area contributed by atoms with Crippen molar-refractivity contribution in [1.82, 2.24) is 10.2 Å². The molecule has 186 valence electrons. The second kappa shape index (κ2) is 12.4. The van der Waals surface area contributed by atoms with Crippen LogP contribution in [0.2, 0.25) is 0 Å². The van der Waals surface area contributed by atoms with Gasteiger partial charge in [0.2, 0.25) is 21.8 Å². The Labute approximate surface area is 202 Å². The van der Waals surface area contributed by atoms with Crippen molar-refractivity contribution in [3.05, 3.63) is 60.2 Å². The van der Waals surface area contributed by atoms with Gasteiger partial charge in [-0.2, -0.15) is 0 Å². The summed E-state index contributed by atoms with van der Waals surface area (Å²) in [6.07, 6.45) is 1.99. The first kappa shape index (κ1) is 27.2. The van der Waals surface area contributed by atoms with E-state index in [1.807, 2.05) is 51.1 Å². The first-order chi connectivity index (χ1) is 16.1. The highest BCUT2D eigenvalue weighted by Crippen LogP contribution is 2.23. The molecule has 0 unspecified atom stereocenters. The zero-order valence-electron chi connectivity index (χ0n) is 20.5. The first-order valence-electron chi connectivity index (χ1n) is 11.3. The average Bonchev–Trinajstić information content (AvgIpc) is 2.79. The maximum Gasteiger partial charge on any atom is 0.244 e. The number of nitrogens with zero attached hydrogens (tertiary/aromatic N) is 2. The number of rotatable bonds is 12. The second-order valence-corrected chi connectivity index (χ2v) is 10.3. The van der Waals surface area contributed by atoms with Crippen LogP contribution in [0.15, 0.2) is 54.6 Å². The summed E-state index contributed by atoms with van der Waals surface area (Å²) in [5.74, 6) is -0.233. The van der Waals surface area contributed by atoms with Crippen LogP contribution < -0.4 is 14.4 Å². The Hall–Kier alpha value is -3.07. The average molecular weight is 490 g/mol. The van der Waals surface area contributed by atoms with Crippen LogP contribution in [0.4, 0.5) is 5.69 Å². The normalized spacial score (nSPS) is 12.2. The quantitative estimate of drug-likeness (QED) is 0.495. The molecular formula is C25H35N3O5S. The van der Waals surface area contributed by atoms with Crippen LogP contribution in [-0.4, -0.2) is 63.7 Å². The Balaban J connectivity index is 2.37. The molecule has 0 radical (unpaired) electrons. The maximum atomic E-state index is 13.5. The Morgan fingerprint density at radius 2 is 1.74 bits per heavy atom. The molecule has 2 rings (SSSR count). The van der Waals surface area contributed by atoms with E-state index in [9.17, 15) is 18.0 Å². The largest absolute Gasteiger partial charge is 0.497 e. The maximum absolute atomic E-state index is 13.5. The lowest BCUT2D eigenvalue weighted by atomic mass is 10.1. The molecule has 0 aliphatic carbocycles. The summed E-state index contributed by atoms with van der Waals surface area (Å²) >= 11 is 0. The smallest absolute Gasteiger partial charge is 0.244 e. The Morgan fingerprint density at radius 1 is 1.06 bits per heavy atom. The zero-order chi connectivity index (χ0) is 25.3. The highest BCUT2D eigenvalue weighted by molar-refractivity contribution is 7.92. The van der Waals surface area contributed by atoms with E-state index in [4.69, 9.17) is 4.74 Å². The van der Waals surface area contributed by atoms with Crippen molar-refractivity contribution in [3.8, 4) is 5.75 Å². The summed E-state index contributed by atoms with van der Waals surface area (Å²) in [5.41, 5.74) is 1.34. The van der Waals surface area contributed by atoms with Gasteiger partial charge in [-0.25, -0.2) is 8.42 Å². The molecule has 0 aromatic heterocycles. The van der Waals surface area contributed by atoms with E-state index in [0.717, 1.165) is 16.1 Å². The van der Waals surface area contributed by atoms with E-state index in [1.54, 1.807) is 24.3 Å². The topological polar surface area (TPSA) is 96.0 Å². The molecule has 0 saturated carbocycles. The SMILES string of the molecule is CC[C@@H](C(=O)NC(C)C)N(CCc1ccccc1)C(=O)CN(c1cccc(OC)c1)S(C)(=O)=O. The van der Waals surface area contributed by atoms with Gasteiger partial charge in [0.05, 0.1) is 19.1 Å². The predicted molar refractivity (Wildman–Crippen MR) is 134 cm³/mol. The Bertz CT molecular complexity index is 1060. The number of nitrogens with one attached hydrogen (secondary N) is 1. The highest BCUT2D eigenvalue weighted by atomic mass is 32.2. The van der Waals surface area contributed by atoms with Gasteiger partial charge in [0.15, 0.2) is 0 Å². The third-order valence-electron chi connectivity index (χ3n) is 5.32. The Morgan fingerprint density at radius 3 is 2.29 bits per heavy atom. The van der Waals surface area contributed by atoms with Gasteiger partial charge in [0, 0.05) is 18.7 Å². The number of carbonyl (C=O) groups excluding carboxylic acids is 2. The van der Waals surface area contributed by atoms with E-state index in [-0.39, 0.29) is 18.5 Å². The molecule has 1 atom stereocenters.